The van der Waals surface area contributed by atoms with Gasteiger partial charge in [0.1, 0.15) is 0 Å². The molecule has 2 aromatic rings. The van der Waals surface area contributed by atoms with Crippen LogP contribution in [0.4, 0.5) is 0 Å². The van der Waals surface area contributed by atoms with E-state index in [0.29, 0.717) is 18.2 Å². The smallest absolute Gasteiger partial charge is 0.222 e. The van der Waals surface area contributed by atoms with Gasteiger partial charge in [0.25, 0.3) is 0 Å². The summed E-state index contributed by atoms with van der Waals surface area (Å²) in [5.41, 5.74) is 7.51. The van der Waals surface area contributed by atoms with Gasteiger partial charge in [0.15, 0.2) is 0 Å². The van der Waals surface area contributed by atoms with Gasteiger partial charge in [-0.25, -0.2) is 0 Å². The number of nitrogens with two attached hydrogens (primary N) is 1. The number of rotatable bonds is 4. The van der Waals surface area contributed by atoms with E-state index in [1.807, 2.05) is 4.90 Å². The minimum absolute atomic E-state index is 0.228. The molecule has 1 heterocycles. The number of nitrogens with zero attached hydrogens (tertiary/aromatic N) is 2. The van der Waals surface area contributed by atoms with Crippen LogP contribution in [-0.4, -0.2) is 47.9 Å². The maximum absolute atomic E-state index is 12.6. The fourth-order valence-electron chi connectivity index (χ4n) is 4.50. The first-order valence-electron chi connectivity index (χ1n) is 9.93. The topological polar surface area (TPSA) is 49.6 Å². The summed E-state index contributed by atoms with van der Waals surface area (Å²) in [6, 6.07) is 15.3. The maximum Gasteiger partial charge on any atom is 0.222 e. The summed E-state index contributed by atoms with van der Waals surface area (Å²) in [5, 5.41) is 2.63. The zero-order chi connectivity index (χ0) is 17.9. The molecule has 1 saturated carbocycles. The normalized spacial score (nSPS) is 24.3. The summed E-state index contributed by atoms with van der Waals surface area (Å²) >= 11 is 0. The molecule has 26 heavy (non-hydrogen) atoms. The number of carbonyl (C=O) groups is 1. The van der Waals surface area contributed by atoms with Gasteiger partial charge in [-0.3, -0.25) is 9.69 Å². The van der Waals surface area contributed by atoms with Crippen molar-refractivity contribution < 1.29 is 4.79 Å². The Morgan fingerprint density at radius 1 is 1.00 bits per heavy atom. The fraction of sp³-hybridized carbons (Fsp3) is 0.500. The first-order chi connectivity index (χ1) is 12.7. The average molecular weight is 351 g/mol. The van der Waals surface area contributed by atoms with Crippen LogP contribution in [0.2, 0.25) is 0 Å². The quantitative estimate of drug-likeness (QED) is 0.921. The Hall–Kier alpha value is -1.91. The lowest BCUT2D eigenvalue weighted by molar-refractivity contribution is -0.134. The molecule has 1 aliphatic heterocycles. The van der Waals surface area contributed by atoms with Crippen LogP contribution in [0.1, 0.15) is 31.2 Å². The van der Waals surface area contributed by atoms with E-state index in [1.54, 1.807) is 0 Å². The van der Waals surface area contributed by atoms with Crippen molar-refractivity contribution in [3.8, 4) is 0 Å². The van der Waals surface area contributed by atoms with Gasteiger partial charge in [-0.1, -0.05) is 48.9 Å². The van der Waals surface area contributed by atoms with Crippen LogP contribution < -0.4 is 5.73 Å². The second kappa shape index (κ2) is 7.77. The molecule has 2 N–H and O–H groups in total. The highest BCUT2D eigenvalue weighted by Crippen LogP contribution is 2.27. The van der Waals surface area contributed by atoms with Gasteiger partial charge in [-0.2, -0.15) is 0 Å². The van der Waals surface area contributed by atoms with Crippen molar-refractivity contribution in [2.45, 2.75) is 38.3 Å². The Balaban J connectivity index is 1.33. The molecule has 1 aliphatic carbocycles. The largest absolute Gasteiger partial charge is 0.340 e. The first-order valence-corrected chi connectivity index (χ1v) is 9.93. The molecule has 1 amide bonds. The lowest BCUT2D eigenvalue weighted by Gasteiger charge is -2.35. The van der Waals surface area contributed by atoms with E-state index >= 15 is 0 Å². The molecule has 0 radical (unpaired) electrons. The van der Waals surface area contributed by atoms with Gasteiger partial charge in [-0.15, -0.1) is 0 Å². The fourth-order valence-corrected chi connectivity index (χ4v) is 4.50. The summed E-state index contributed by atoms with van der Waals surface area (Å²) < 4.78 is 0. The van der Waals surface area contributed by atoms with Crippen LogP contribution in [0.15, 0.2) is 42.5 Å². The summed E-state index contributed by atoms with van der Waals surface area (Å²) in [4.78, 5) is 17.1. The third-order valence-electron chi connectivity index (χ3n) is 6.15. The standard InChI is InChI=1S/C22H29N3O/c23-21-10-4-7-18(21)15-22(26)25-13-11-24(12-14-25)16-19-8-3-6-17-5-1-2-9-20(17)19/h1-3,5-6,8-9,18,21H,4,7,10-16,23H2/t18-,21+/m0/s1. The summed E-state index contributed by atoms with van der Waals surface area (Å²) in [7, 11) is 0. The number of hydrogen-bond donors (Lipinski definition) is 1. The van der Waals surface area contributed by atoms with Crippen LogP contribution in [0.5, 0.6) is 0 Å². The first kappa shape index (κ1) is 17.5. The van der Waals surface area contributed by atoms with E-state index in [-0.39, 0.29) is 6.04 Å². The van der Waals surface area contributed by atoms with Gasteiger partial charge < -0.3 is 10.6 Å². The lowest BCUT2D eigenvalue weighted by Crippen LogP contribution is -2.49. The zero-order valence-corrected chi connectivity index (χ0v) is 15.4. The van der Waals surface area contributed by atoms with Crippen LogP contribution in [0, 0.1) is 5.92 Å². The summed E-state index contributed by atoms with van der Waals surface area (Å²) in [5.74, 6) is 0.702. The Kier molecular flexibility index (Phi) is 5.23. The van der Waals surface area contributed by atoms with Crippen molar-refractivity contribution in [3.63, 3.8) is 0 Å². The van der Waals surface area contributed by atoms with Crippen molar-refractivity contribution >= 4 is 16.7 Å². The second-order valence-electron chi connectivity index (χ2n) is 7.85. The van der Waals surface area contributed by atoms with E-state index in [0.717, 1.165) is 45.6 Å². The van der Waals surface area contributed by atoms with Gasteiger partial charge in [-0.05, 0) is 35.1 Å². The maximum atomic E-state index is 12.6. The zero-order valence-electron chi connectivity index (χ0n) is 15.4. The Labute approximate surface area is 156 Å². The van der Waals surface area contributed by atoms with E-state index in [1.165, 1.54) is 22.8 Å². The minimum Gasteiger partial charge on any atom is -0.340 e. The van der Waals surface area contributed by atoms with Crippen molar-refractivity contribution in [1.29, 1.82) is 0 Å². The highest BCUT2D eigenvalue weighted by atomic mass is 16.2. The molecule has 2 atom stereocenters. The van der Waals surface area contributed by atoms with E-state index in [2.05, 4.69) is 47.4 Å². The summed E-state index contributed by atoms with van der Waals surface area (Å²) in [6.45, 7) is 4.53. The molecule has 2 aromatic carbocycles. The highest BCUT2D eigenvalue weighted by molar-refractivity contribution is 5.85. The number of fused-ring (bicyclic) bond motifs is 1. The highest BCUT2D eigenvalue weighted by Gasteiger charge is 2.29. The molecule has 4 nitrogen and oxygen atoms in total. The third-order valence-corrected chi connectivity index (χ3v) is 6.15. The Morgan fingerprint density at radius 3 is 2.54 bits per heavy atom. The van der Waals surface area contributed by atoms with Crippen LogP contribution in [0.25, 0.3) is 10.8 Å². The minimum atomic E-state index is 0.228. The van der Waals surface area contributed by atoms with Crippen LogP contribution in [0.3, 0.4) is 0 Å². The van der Waals surface area contributed by atoms with Gasteiger partial charge >= 0.3 is 0 Å². The molecule has 0 aromatic heterocycles. The van der Waals surface area contributed by atoms with E-state index in [4.69, 9.17) is 5.73 Å². The molecule has 0 bridgehead atoms. The summed E-state index contributed by atoms with van der Waals surface area (Å²) in [6.07, 6.45) is 4.02. The van der Waals surface area contributed by atoms with Gasteiger partial charge in [0.05, 0.1) is 0 Å². The number of amides is 1. The van der Waals surface area contributed by atoms with E-state index < -0.39 is 0 Å². The average Bonchev–Trinajstić information content (AvgIpc) is 3.07. The molecular weight excluding hydrogens is 322 g/mol. The third kappa shape index (κ3) is 3.76. The number of piperazine rings is 1. The molecular formula is C22H29N3O. The molecule has 4 heteroatoms. The van der Waals surface area contributed by atoms with E-state index in [9.17, 15) is 4.79 Å². The second-order valence-corrected chi connectivity index (χ2v) is 7.85. The number of hydrogen-bond acceptors (Lipinski definition) is 3. The molecule has 0 spiro atoms. The monoisotopic (exact) mass is 351 g/mol. The van der Waals surface area contributed by atoms with Crippen LogP contribution >= 0.6 is 0 Å². The van der Waals surface area contributed by atoms with Crippen molar-refractivity contribution in [2.24, 2.45) is 11.7 Å². The Morgan fingerprint density at radius 2 is 1.77 bits per heavy atom. The van der Waals surface area contributed by atoms with Gasteiger partial charge in [0, 0.05) is 45.2 Å². The number of benzene rings is 2. The van der Waals surface area contributed by atoms with Crippen molar-refractivity contribution in [3.05, 3.63) is 48.0 Å². The molecule has 2 aliphatic rings. The van der Waals surface area contributed by atoms with Crippen molar-refractivity contribution in [2.75, 3.05) is 26.2 Å². The SMILES string of the molecule is N[C@@H]1CCC[C@H]1CC(=O)N1CCN(Cc2cccc3ccccc23)CC1. The molecule has 1 saturated heterocycles. The molecule has 2 fully saturated rings. The van der Waals surface area contributed by atoms with Crippen LogP contribution in [-0.2, 0) is 11.3 Å². The molecule has 4 rings (SSSR count). The van der Waals surface area contributed by atoms with Gasteiger partial charge in [0.2, 0.25) is 5.91 Å². The molecule has 0 unspecified atom stereocenters. The van der Waals surface area contributed by atoms with Crippen molar-refractivity contribution in [1.82, 2.24) is 9.80 Å². The molecule has 138 valence electrons. The lowest BCUT2D eigenvalue weighted by atomic mass is 9.99. The Bertz CT molecular complexity index is 762. The number of carbonyl (C=O) groups excluding carboxylic acids is 1. The predicted octanol–water partition coefficient (Wildman–Crippen LogP) is 3.00. The predicted molar refractivity (Wildman–Crippen MR) is 106 cm³/mol.